The van der Waals surface area contributed by atoms with Crippen LogP contribution in [0, 0.1) is 11.3 Å². The van der Waals surface area contributed by atoms with Crippen molar-refractivity contribution in [2.45, 2.75) is 0 Å². The maximum Gasteiger partial charge on any atom is 0.349 e. The third-order valence-electron chi connectivity index (χ3n) is 1.67. The van der Waals surface area contributed by atoms with E-state index in [4.69, 9.17) is 52.9 Å². The van der Waals surface area contributed by atoms with Crippen LogP contribution in [0.2, 0.25) is 0 Å². The lowest BCUT2D eigenvalue weighted by atomic mass is 10.0. The van der Waals surface area contributed by atoms with Gasteiger partial charge < -0.3 is 4.74 Å². The first-order valence-corrected chi connectivity index (χ1v) is 6.07. The summed E-state index contributed by atoms with van der Waals surface area (Å²) in [7, 11) is 1.15. The molecule has 0 aliphatic heterocycles. The van der Waals surface area contributed by atoms with Crippen LogP contribution in [0.4, 0.5) is 0 Å². The minimum absolute atomic E-state index is 0.0863. The molecule has 7 heteroatoms. The summed E-state index contributed by atoms with van der Waals surface area (Å²) in [6.45, 7) is 0. The quantitative estimate of drug-likeness (QED) is 0.337. The van der Waals surface area contributed by atoms with E-state index in [1.54, 1.807) is 6.07 Å². The second-order valence-electron chi connectivity index (χ2n) is 2.67. The van der Waals surface area contributed by atoms with Crippen molar-refractivity contribution in [3.63, 3.8) is 0 Å². The van der Waals surface area contributed by atoms with Gasteiger partial charge in [0, 0.05) is 26.4 Å². The summed E-state index contributed by atoms with van der Waals surface area (Å²) in [6.07, 6.45) is 2.67. The van der Waals surface area contributed by atoms with Crippen LogP contribution >= 0.6 is 47.6 Å². The number of esters is 1. The van der Waals surface area contributed by atoms with Crippen LogP contribution < -0.4 is 0 Å². The van der Waals surface area contributed by atoms with Crippen LogP contribution in [-0.2, 0) is 9.53 Å². The van der Waals surface area contributed by atoms with Crippen LogP contribution in [-0.4, -0.2) is 22.8 Å². The van der Waals surface area contributed by atoms with Crippen molar-refractivity contribution in [1.29, 1.82) is 5.26 Å². The van der Waals surface area contributed by atoms with E-state index in [2.05, 4.69) is 4.74 Å². The predicted molar refractivity (Wildman–Crippen MR) is 79.8 cm³/mol. The molecule has 0 aliphatic carbocycles. The number of hydrogen-bond donors (Lipinski definition) is 0. The molecule has 0 heterocycles. The number of thiocarbonyl (C=S) groups is 2. The number of carbonyl (C=O) groups excluding carboxylic acids is 1. The molecule has 0 fully saturated rings. The number of carbonyl (C=O) groups is 1. The van der Waals surface area contributed by atoms with Crippen LogP contribution in [0.25, 0.3) is 0 Å². The Kier molecular flexibility index (Phi) is 8.42. The summed E-state index contributed by atoms with van der Waals surface area (Å²) in [5, 5.41) is 8.99. The normalized spacial score (nSPS) is 10.1. The second-order valence-corrected chi connectivity index (χ2v) is 4.05. The number of halogens is 2. The van der Waals surface area contributed by atoms with Crippen molar-refractivity contribution in [1.82, 2.24) is 0 Å². The molecule has 3 nitrogen and oxygen atoms in total. The van der Waals surface area contributed by atoms with E-state index in [9.17, 15) is 4.79 Å². The third-order valence-corrected chi connectivity index (χ3v) is 2.61. The van der Waals surface area contributed by atoms with E-state index in [0.717, 1.165) is 18.2 Å². The van der Waals surface area contributed by atoms with E-state index < -0.39 is 5.97 Å². The zero-order valence-electron chi connectivity index (χ0n) is 9.15. The topological polar surface area (TPSA) is 50.1 Å². The van der Waals surface area contributed by atoms with Gasteiger partial charge in [0.15, 0.2) is 0 Å². The van der Waals surface area contributed by atoms with Crippen molar-refractivity contribution in [2.24, 2.45) is 0 Å². The lowest BCUT2D eigenvalue weighted by molar-refractivity contribution is -0.135. The zero-order chi connectivity index (χ0) is 14.1. The summed E-state index contributed by atoms with van der Waals surface area (Å²) in [5.41, 5.74) is 2.10. The molecule has 0 aromatic carbocycles. The number of rotatable bonds is 5. The number of methoxy groups -OCH3 is 1. The minimum atomic E-state index is -0.830. The molecule has 0 rings (SSSR count). The Hall–Kier alpha value is -1.06. The highest BCUT2D eigenvalue weighted by atomic mass is 35.5. The Labute approximate surface area is 125 Å². The molecule has 0 spiro atoms. The van der Waals surface area contributed by atoms with E-state index in [0.29, 0.717) is 0 Å². The molecule has 0 aliphatic rings. The zero-order valence-corrected chi connectivity index (χ0v) is 12.3. The van der Waals surface area contributed by atoms with Crippen LogP contribution in [0.1, 0.15) is 0 Å². The molecule has 0 bridgehead atoms. The molecular formula is C11H7Cl2NO2S2. The predicted octanol–water partition coefficient (Wildman–Crippen LogP) is 3.22. The minimum Gasteiger partial charge on any atom is -0.465 e. The molecule has 94 valence electrons. The van der Waals surface area contributed by atoms with E-state index in [1.807, 2.05) is 0 Å². The number of ether oxygens (including phenoxy) is 1. The van der Waals surface area contributed by atoms with Gasteiger partial charge in [-0.2, -0.15) is 5.26 Å². The van der Waals surface area contributed by atoms with E-state index >= 15 is 0 Å². The van der Waals surface area contributed by atoms with Crippen LogP contribution in [0.15, 0.2) is 34.4 Å². The first kappa shape index (κ1) is 16.9. The van der Waals surface area contributed by atoms with Gasteiger partial charge in [-0.25, -0.2) is 4.79 Å². The fraction of sp³-hybridized carbons (Fsp3) is 0.0909. The average molecular weight is 320 g/mol. The van der Waals surface area contributed by atoms with Gasteiger partial charge in [0.2, 0.25) is 0 Å². The van der Waals surface area contributed by atoms with Crippen molar-refractivity contribution >= 4 is 63.3 Å². The average Bonchev–Trinajstić information content (AvgIpc) is 2.35. The molecule has 0 saturated heterocycles. The lowest BCUT2D eigenvalue weighted by Crippen LogP contribution is -2.15. The van der Waals surface area contributed by atoms with Crippen LogP contribution in [0.3, 0.4) is 0 Å². The monoisotopic (exact) mass is 319 g/mol. The number of hydrogen-bond acceptors (Lipinski definition) is 5. The van der Waals surface area contributed by atoms with Crippen LogP contribution in [0.5, 0.6) is 0 Å². The molecule has 0 saturated carbocycles. The summed E-state index contributed by atoms with van der Waals surface area (Å²) >= 11 is 20.9. The summed E-state index contributed by atoms with van der Waals surface area (Å²) in [4.78, 5) is 11.8. The Balaban J connectivity index is 5.95. The smallest absolute Gasteiger partial charge is 0.349 e. The SMILES string of the molecule is COC(=O)C(C#N)=C(C(=S)C=CCl)C(=S)C=CCl. The standard InChI is InChI=1S/C11H7Cl2NO2S2/c1-16-11(15)7(6-14)10(8(17)2-4-12)9(18)3-5-13/h2-5H,1H3. The Morgan fingerprint density at radius 2 is 1.67 bits per heavy atom. The first-order chi connectivity index (χ1) is 8.53. The molecule has 0 unspecified atom stereocenters. The summed E-state index contributed by atoms with van der Waals surface area (Å²) in [6, 6.07) is 1.71. The molecule has 0 radical (unpaired) electrons. The molecule has 0 amide bonds. The van der Waals surface area contributed by atoms with E-state index in [1.165, 1.54) is 12.2 Å². The Bertz CT molecular complexity index is 476. The van der Waals surface area contributed by atoms with Crippen molar-refractivity contribution in [3.05, 3.63) is 34.4 Å². The highest BCUT2D eigenvalue weighted by molar-refractivity contribution is 7.83. The molecule has 0 aromatic rings. The van der Waals surface area contributed by atoms with Gasteiger partial charge in [-0.1, -0.05) is 47.6 Å². The molecule has 0 aromatic heterocycles. The Morgan fingerprint density at radius 3 is 1.94 bits per heavy atom. The highest BCUT2D eigenvalue weighted by Gasteiger charge is 2.20. The van der Waals surface area contributed by atoms with Crippen molar-refractivity contribution in [2.75, 3.05) is 7.11 Å². The summed E-state index contributed by atoms with van der Waals surface area (Å²) in [5.74, 6) is -0.830. The van der Waals surface area contributed by atoms with Gasteiger partial charge in [0.05, 0.1) is 7.11 Å². The largest absolute Gasteiger partial charge is 0.465 e. The third kappa shape index (κ3) is 4.67. The number of nitriles is 1. The highest BCUT2D eigenvalue weighted by Crippen LogP contribution is 2.14. The molecule has 0 atom stereocenters. The molecular weight excluding hydrogens is 313 g/mol. The van der Waals surface area contributed by atoms with Gasteiger partial charge in [0.25, 0.3) is 0 Å². The van der Waals surface area contributed by atoms with Gasteiger partial charge in [-0.15, -0.1) is 0 Å². The fourth-order valence-corrected chi connectivity index (χ4v) is 1.98. The van der Waals surface area contributed by atoms with Gasteiger partial charge >= 0.3 is 5.97 Å². The van der Waals surface area contributed by atoms with Crippen molar-refractivity contribution < 1.29 is 9.53 Å². The maximum atomic E-state index is 11.5. The van der Waals surface area contributed by atoms with Gasteiger partial charge in [-0.3, -0.25) is 0 Å². The van der Waals surface area contributed by atoms with E-state index in [-0.39, 0.29) is 20.9 Å². The lowest BCUT2D eigenvalue weighted by Gasteiger charge is -2.07. The molecule has 18 heavy (non-hydrogen) atoms. The van der Waals surface area contributed by atoms with Gasteiger partial charge in [-0.05, 0) is 12.2 Å². The molecule has 0 N–H and O–H groups in total. The first-order valence-electron chi connectivity index (χ1n) is 4.38. The number of nitrogens with zero attached hydrogens (tertiary/aromatic N) is 1. The second kappa shape index (κ2) is 8.95. The Morgan fingerprint density at radius 1 is 1.22 bits per heavy atom. The summed E-state index contributed by atoms with van der Waals surface area (Å²) < 4.78 is 4.49. The fourth-order valence-electron chi connectivity index (χ4n) is 0.955. The van der Waals surface area contributed by atoms with Gasteiger partial charge in [0.1, 0.15) is 11.6 Å². The van der Waals surface area contributed by atoms with Crippen molar-refractivity contribution in [3.8, 4) is 6.07 Å². The number of allylic oxidation sites excluding steroid dienone is 3. The maximum absolute atomic E-state index is 11.5.